The lowest BCUT2D eigenvalue weighted by Gasteiger charge is -2.44. The predicted molar refractivity (Wildman–Crippen MR) is 193 cm³/mol. The molecule has 0 unspecified atom stereocenters. The molecule has 4 atom stereocenters. The average Bonchev–Trinajstić information content (AvgIpc) is 3.60. The quantitative estimate of drug-likeness (QED) is 0.138. The third-order valence-electron chi connectivity index (χ3n) is 10.7. The number of nitrogens with zero attached hydrogens (tertiary/aromatic N) is 1. The highest BCUT2D eigenvalue weighted by atomic mass is 28.4. The van der Waals surface area contributed by atoms with E-state index in [9.17, 15) is 14.7 Å². The maximum absolute atomic E-state index is 13.5. The van der Waals surface area contributed by atoms with Crippen LogP contribution in [-0.4, -0.2) is 56.5 Å². The van der Waals surface area contributed by atoms with E-state index in [0.29, 0.717) is 19.6 Å². The molecule has 0 bridgehead atoms. The van der Waals surface area contributed by atoms with Crippen molar-refractivity contribution in [2.75, 3.05) is 20.3 Å². The molecule has 2 saturated heterocycles. The lowest BCUT2D eigenvalue weighted by molar-refractivity contribution is -0.138. The van der Waals surface area contributed by atoms with Gasteiger partial charge in [-0.3, -0.25) is 14.5 Å². The maximum Gasteiger partial charge on any atom is 0.261 e. The first-order valence-electron chi connectivity index (χ1n) is 17.4. The first-order chi connectivity index (χ1) is 23.1. The number of likely N-dealkylation sites (tertiary alicyclic amines) is 1. The van der Waals surface area contributed by atoms with Gasteiger partial charge in [0.2, 0.25) is 11.8 Å². The summed E-state index contributed by atoms with van der Waals surface area (Å²) in [5.74, 6) is -0.801. The van der Waals surface area contributed by atoms with E-state index in [0.717, 1.165) is 36.8 Å². The second kappa shape index (κ2) is 14.0. The van der Waals surface area contributed by atoms with Crippen molar-refractivity contribution in [3.63, 3.8) is 0 Å². The number of fused-ring (bicyclic) bond motifs is 3. The molecule has 3 aliphatic rings. The molecule has 3 aromatic carbocycles. The Kier molecular flexibility index (Phi) is 9.93. The normalized spacial score (nSPS) is 23.1. The number of para-hydroxylation sites is 1. The zero-order valence-corrected chi connectivity index (χ0v) is 29.9. The second-order valence-corrected chi connectivity index (χ2v) is 19.0. The predicted octanol–water partition coefficient (Wildman–Crippen LogP) is 6.88. The molecule has 0 radical (unpaired) electrons. The van der Waals surface area contributed by atoms with E-state index in [1.807, 2.05) is 30.3 Å². The molecule has 48 heavy (non-hydrogen) atoms. The zero-order valence-electron chi connectivity index (χ0n) is 28.9. The molecule has 252 valence electrons. The molecule has 2 heterocycles. The summed E-state index contributed by atoms with van der Waals surface area (Å²) in [5, 5.41) is 12.7. The Morgan fingerprint density at radius 2 is 1.54 bits per heavy atom. The van der Waals surface area contributed by atoms with E-state index >= 15 is 0 Å². The Labute approximate surface area is 286 Å². The SMILES string of the molecule is CCC/C(=C\c1ccccc1O)CC[C@H]1OC[C@H]2C1=C(CO[Si](c1ccccc1)(c1ccccc1)C(C)(C)C)C[C@H]1C(=O)N(C)C(=O)[C@H]12. The monoisotopic (exact) mass is 663 g/mol. The van der Waals surface area contributed by atoms with Crippen molar-refractivity contribution in [2.24, 2.45) is 17.8 Å². The number of hydrogen-bond acceptors (Lipinski definition) is 5. The van der Waals surface area contributed by atoms with Gasteiger partial charge in [0.1, 0.15) is 5.75 Å². The van der Waals surface area contributed by atoms with Crippen LogP contribution in [0.4, 0.5) is 0 Å². The second-order valence-electron chi connectivity index (χ2n) is 14.7. The van der Waals surface area contributed by atoms with Gasteiger partial charge in [-0.05, 0) is 58.3 Å². The van der Waals surface area contributed by atoms with E-state index in [2.05, 4.69) is 82.3 Å². The molecule has 0 aromatic heterocycles. The number of rotatable bonds is 11. The molecule has 1 aliphatic carbocycles. The summed E-state index contributed by atoms with van der Waals surface area (Å²) in [4.78, 5) is 28.3. The number of imide groups is 1. The number of ether oxygens (including phenoxy) is 1. The standard InChI is InChI=1S/C41H49NO5Si/c1-6-15-28(24-29-16-13-14-21-35(29)43)22-23-36-37-30(25-33-38(34(37)27-46-36)40(45)42(5)39(33)44)26-47-48(41(2,3)4,31-17-9-7-10-18-31)32-19-11-8-12-20-32/h7-14,16-21,24,33-34,36,38,43H,6,15,22-23,25-27H2,1-5H3/b28-24+/t33-,34+,36-,38-/m1/s1. The minimum atomic E-state index is -2.84. The highest BCUT2D eigenvalue weighted by Crippen LogP contribution is 2.50. The van der Waals surface area contributed by atoms with E-state index in [4.69, 9.17) is 9.16 Å². The number of phenols is 1. The highest BCUT2D eigenvalue weighted by Gasteiger charge is 2.57. The lowest BCUT2D eigenvalue weighted by atomic mass is 9.69. The van der Waals surface area contributed by atoms with Crippen LogP contribution in [0.15, 0.2) is 102 Å². The minimum absolute atomic E-state index is 0.0881. The Morgan fingerprint density at radius 3 is 2.15 bits per heavy atom. The molecule has 2 amide bonds. The molecule has 6 nitrogen and oxygen atoms in total. The van der Waals surface area contributed by atoms with Crippen molar-refractivity contribution in [3.05, 3.63) is 107 Å². The Morgan fingerprint density at radius 1 is 0.917 bits per heavy atom. The lowest BCUT2D eigenvalue weighted by Crippen LogP contribution is -2.66. The van der Waals surface area contributed by atoms with Gasteiger partial charge in [-0.15, -0.1) is 0 Å². The zero-order chi connectivity index (χ0) is 34.1. The summed E-state index contributed by atoms with van der Waals surface area (Å²) in [6.45, 7) is 9.82. The van der Waals surface area contributed by atoms with E-state index in [1.165, 1.54) is 26.4 Å². The van der Waals surface area contributed by atoms with Crippen LogP contribution in [0.3, 0.4) is 0 Å². The summed E-state index contributed by atoms with van der Waals surface area (Å²) < 4.78 is 14.0. The fourth-order valence-electron chi connectivity index (χ4n) is 8.46. The van der Waals surface area contributed by atoms with E-state index < -0.39 is 8.32 Å². The van der Waals surface area contributed by atoms with Crippen LogP contribution in [0.5, 0.6) is 5.75 Å². The van der Waals surface area contributed by atoms with Gasteiger partial charge >= 0.3 is 0 Å². The molecule has 0 saturated carbocycles. The third kappa shape index (κ3) is 6.24. The smallest absolute Gasteiger partial charge is 0.261 e. The van der Waals surface area contributed by atoms with Crippen molar-refractivity contribution in [3.8, 4) is 5.75 Å². The van der Waals surface area contributed by atoms with Crippen LogP contribution in [0, 0.1) is 17.8 Å². The molecular formula is C41H49NO5Si. The fourth-order valence-corrected chi connectivity index (χ4v) is 13.0. The molecule has 3 aromatic rings. The summed E-state index contributed by atoms with van der Waals surface area (Å²) in [6, 6.07) is 28.7. The molecule has 1 N–H and O–H groups in total. The summed E-state index contributed by atoms with van der Waals surface area (Å²) in [5.41, 5.74) is 4.37. The summed E-state index contributed by atoms with van der Waals surface area (Å²) >= 11 is 0. The van der Waals surface area contributed by atoms with Crippen molar-refractivity contribution in [1.82, 2.24) is 4.90 Å². The molecular weight excluding hydrogens is 615 g/mol. The number of hydrogen-bond donors (Lipinski definition) is 1. The van der Waals surface area contributed by atoms with Gasteiger partial charge < -0.3 is 14.3 Å². The fraction of sp³-hybridized carbons (Fsp3) is 0.415. The number of aromatic hydroxyl groups is 1. The molecule has 2 fully saturated rings. The van der Waals surface area contributed by atoms with Crippen LogP contribution in [-0.2, 0) is 18.8 Å². The Hall–Kier alpha value is -3.78. The highest BCUT2D eigenvalue weighted by molar-refractivity contribution is 6.99. The number of allylic oxidation sites excluding steroid dienone is 1. The van der Waals surface area contributed by atoms with Crippen LogP contribution in [0.2, 0.25) is 5.04 Å². The largest absolute Gasteiger partial charge is 0.507 e. The topological polar surface area (TPSA) is 76.1 Å². The average molecular weight is 664 g/mol. The minimum Gasteiger partial charge on any atom is -0.507 e. The first-order valence-corrected chi connectivity index (χ1v) is 19.3. The van der Waals surface area contributed by atoms with Gasteiger partial charge in [0.25, 0.3) is 8.32 Å². The maximum atomic E-state index is 13.5. The van der Waals surface area contributed by atoms with Gasteiger partial charge in [0.05, 0.1) is 31.2 Å². The molecule has 2 aliphatic heterocycles. The summed E-state index contributed by atoms with van der Waals surface area (Å²) in [6.07, 6.45) is 5.97. The number of carbonyl (C=O) groups is 2. The summed E-state index contributed by atoms with van der Waals surface area (Å²) in [7, 11) is -1.22. The van der Waals surface area contributed by atoms with E-state index in [1.54, 1.807) is 13.1 Å². The Balaban J connectivity index is 1.38. The number of benzene rings is 3. The molecule has 7 heteroatoms. The van der Waals surface area contributed by atoms with Gasteiger partial charge in [0, 0.05) is 18.5 Å². The van der Waals surface area contributed by atoms with Gasteiger partial charge in [0.15, 0.2) is 0 Å². The first kappa shape index (κ1) is 34.1. The van der Waals surface area contributed by atoms with Crippen LogP contribution < -0.4 is 10.4 Å². The third-order valence-corrected chi connectivity index (χ3v) is 15.7. The van der Waals surface area contributed by atoms with Crippen LogP contribution >= 0.6 is 0 Å². The molecule has 0 spiro atoms. The van der Waals surface area contributed by atoms with Crippen LogP contribution in [0.25, 0.3) is 6.08 Å². The number of amides is 2. The number of carbonyl (C=O) groups excluding carboxylic acids is 2. The van der Waals surface area contributed by atoms with E-state index in [-0.39, 0.29) is 46.5 Å². The van der Waals surface area contributed by atoms with Gasteiger partial charge in [-0.2, -0.15) is 0 Å². The Bertz CT molecular complexity index is 1650. The van der Waals surface area contributed by atoms with Gasteiger partial charge in [-0.25, -0.2) is 0 Å². The van der Waals surface area contributed by atoms with Crippen molar-refractivity contribution in [1.29, 1.82) is 0 Å². The van der Waals surface area contributed by atoms with Crippen LogP contribution in [0.1, 0.15) is 65.4 Å². The van der Waals surface area contributed by atoms with Gasteiger partial charge in [-0.1, -0.05) is 125 Å². The van der Waals surface area contributed by atoms with Crippen molar-refractivity contribution >= 4 is 36.6 Å². The van der Waals surface area contributed by atoms with Crippen molar-refractivity contribution < 1.29 is 23.9 Å². The molecule has 6 rings (SSSR count). The number of phenolic OH excluding ortho intramolecular Hbond substituents is 1. The van der Waals surface area contributed by atoms with Crippen molar-refractivity contribution in [2.45, 2.75) is 70.9 Å².